The molecule has 0 saturated carbocycles. The maximum absolute atomic E-state index is 4.32. The standard InChI is InChI=1S/C13H10N.CH2.Ru/c1-3-7-12(8-4-1)11-14-13-9-5-2-6-10-13;;/h1-7,9-11H;1H2;/q-1;;+1. The molecule has 0 radical (unpaired) electrons. The van der Waals surface area contributed by atoms with Crippen LogP contribution in [0.3, 0.4) is 0 Å². The van der Waals surface area contributed by atoms with Crippen molar-refractivity contribution in [3.8, 4) is 0 Å². The van der Waals surface area contributed by atoms with Gasteiger partial charge in [-0.15, -0.1) is 35.9 Å². The molecule has 1 nitrogen and oxygen atoms in total. The fourth-order valence-corrected chi connectivity index (χ4v) is 1.15. The maximum atomic E-state index is 4.32. The second-order valence-electron chi connectivity index (χ2n) is 2.91. The summed E-state index contributed by atoms with van der Waals surface area (Å²) < 4.78 is 0. The van der Waals surface area contributed by atoms with Gasteiger partial charge in [0.05, 0.1) is 5.69 Å². The van der Waals surface area contributed by atoms with Crippen LogP contribution in [-0.2, 0) is 17.9 Å². The van der Waals surface area contributed by atoms with Crippen LogP contribution >= 0.6 is 0 Å². The van der Waals surface area contributed by atoms with Gasteiger partial charge in [-0.2, -0.15) is 0 Å². The van der Waals surface area contributed by atoms with Crippen LogP contribution in [0.15, 0.2) is 59.6 Å². The zero-order chi connectivity index (χ0) is 11.6. The summed E-state index contributed by atoms with van der Waals surface area (Å²) in [6.45, 7) is 0. The minimum absolute atomic E-state index is 0.963. The maximum Gasteiger partial charge on any atom is 0.0516 e. The third-order valence-corrected chi connectivity index (χ3v) is 1.84. The number of para-hydroxylation sites is 1. The quantitative estimate of drug-likeness (QED) is 0.458. The molecule has 0 unspecified atom stereocenters. The number of aliphatic imine (C=N–C) groups is 1. The third kappa shape index (κ3) is 4.42. The molecular weight excluding hydrogens is 283 g/mol. The topological polar surface area (TPSA) is 12.4 Å². The van der Waals surface area contributed by atoms with Gasteiger partial charge in [-0.05, 0) is 18.3 Å². The molecule has 0 saturated heterocycles. The summed E-state index contributed by atoms with van der Waals surface area (Å²) in [6, 6.07) is 20.7. The van der Waals surface area contributed by atoms with Crippen molar-refractivity contribution in [1.82, 2.24) is 0 Å². The number of benzene rings is 2. The normalized spacial score (nSPS) is 9.50. The predicted molar refractivity (Wildman–Crippen MR) is 66.1 cm³/mol. The molecule has 0 bridgehead atoms. The van der Waals surface area contributed by atoms with Crippen LogP contribution in [-0.4, -0.2) is 11.3 Å². The van der Waals surface area contributed by atoms with E-state index in [0.717, 1.165) is 11.3 Å². The summed E-state index contributed by atoms with van der Waals surface area (Å²) in [5.74, 6) is 0. The van der Waals surface area contributed by atoms with E-state index >= 15 is 0 Å². The summed E-state index contributed by atoms with van der Waals surface area (Å²) in [5, 5.41) is 3.18. The molecule has 0 heterocycles. The van der Waals surface area contributed by atoms with E-state index in [1.807, 2.05) is 60.8 Å². The molecule has 0 amide bonds. The molecule has 2 aromatic rings. The van der Waals surface area contributed by atoms with Crippen molar-refractivity contribution in [3.05, 3.63) is 66.2 Å². The smallest absolute Gasteiger partial charge is 0.0516 e. The van der Waals surface area contributed by atoms with Crippen LogP contribution in [0.5, 0.6) is 0 Å². The molecule has 0 aliphatic rings. The monoisotopic (exact) mass is 296 g/mol. The van der Waals surface area contributed by atoms with E-state index < -0.39 is 0 Å². The molecule has 0 aromatic heterocycles. The van der Waals surface area contributed by atoms with Crippen LogP contribution in [0, 0.1) is 6.07 Å². The number of nitrogens with zero attached hydrogens (tertiary/aromatic N) is 1. The molecule has 0 fully saturated rings. The summed E-state index contributed by atoms with van der Waals surface area (Å²) in [7, 11) is 0. The van der Waals surface area contributed by atoms with Gasteiger partial charge < -0.3 is 4.99 Å². The minimum atomic E-state index is 0.963. The van der Waals surface area contributed by atoms with Gasteiger partial charge in [0.25, 0.3) is 0 Å². The molecule has 0 N–H and O–H groups in total. The van der Waals surface area contributed by atoms with Gasteiger partial charge in [0.1, 0.15) is 0 Å². The Balaban J connectivity index is 0.000000606. The largest absolute Gasteiger partial charge is 0.305 e. The molecular formula is C14H12NRu. The Hall–Kier alpha value is -1.40. The zero-order valence-corrected chi connectivity index (χ0v) is 10.5. The Morgan fingerprint density at radius 3 is 2.31 bits per heavy atom. The second-order valence-corrected chi connectivity index (χ2v) is 2.91. The summed E-state index contributed by atoms with van der Waals surface area (Å²) >= 11 is 2.10. The van der Waals surface area contributed by atoms with E-state index in [0.29, 0.717) is 0 Å². The molecule has 2 heteroatoms. The Kier molecular flexibility index (Phi) is 6.21. The Labute approximate surface area is 106 Å². The number of rotatable bonds is 2. The van der Waals surface area contributed by atoms with Gasteiger partial charge in [0.15, 0.2) is 0 Å². The van der Waals surface area contributed by atoms with E-state index in [1.54, 1.807) is 0 Å². The first kappa shape index (κ1) is 12.7. The van der Waals surface area contributed by atoms with E-state index in [-0.39, 0.29) is 0 Å². The van der Waals surface area contributed by atoms with Crippen LogP contribution in [0.1, 0.15) is 5.56 Å². The number of hydrogen-bond donors (Lipinski definition) is 0. The molecule has 0 aliphatic carbocycles. The van der Waals surface area contributed by atoms with E-state index in [2.05, 4.69) is 34.0 Å². The second kappa shape index (κ2) is 7.84. The van der Waals surface area contributed by atoms with Gasteiger partial charge in [0.2, 0.25) is 0 Å². The molecule has 0 atom stereocenters. The van der Waals surface area contributed by atoms with Gasteiger partial charge >= 0.3 is 23.0 Å². The average Bonchev–Trinajstić information content (AvgIpc) is 2.41. The molecule has 0 aliphatic heterocycles. The Morgan fingerprint density at radius 2 is 1.69 bits per heavy atom. The van der Waals surface area contributed by atoms with Crippen molar-refractivity contribution < 1.29 is 17.9 Å². The van der Waals surface area contributed by atoms with Crippen molar-refractivity contribution in [1.29, 1.82) is 0 Å². The summed E-state index contributed by atoms with van der Waals surface area (Å²) in [4.78, 5) is 4.32. The summed E-state index contributed by atoms with van der Waals surface area (Å²) in [6.07, 6.45) is 1.81. The average molecular weight is 295 g/mol. The molecule has 81 valence electrons. The molecule has 0 spiro atoms. The van der Waals surface area contributed by atoms with Gasteiger partial charge in [-0.3, -0.25) is 0 Å². The molecule has 16 heavy (non-hydrogen) atoms. The first-order valence-electron chi connectivity index (χ1n) is 4.76. The molecule has 2 rings (SSSR count). The van der Waals surface area contributed by atoms with E-state index in [4.69, 9.17) is 0 Å². The predicted octanol–water partition coefficient (Wildman–Crippen LogP) is 3.20. The van der Waals surface area contributed by atoms with E-state index in [1.165, 1.54) is 0 Å². The van der Waals surface area contributed by atoms with Crippen molar-refractivity contribution in [3.63, 3.8) is 0 Å². The Bertz CT molecular complexity index is 382. The minimum Gasteiger partial charge on any atom is -0.305 e. The van der Waals surface area contributed by atoms with Crippen molar-refractivity contribution in [2.45, 2.75) is 0 Å². The Morgan fingerprint density at radius 1 is 1.00 bits per heavy atom. The van der Waals surface area contributed by atoms with Gasteiger partial charge in [0, 0.05) is 0 Å². The first-order valence-corrected chi connectivity index (χ1v) is 5.99. The van der Waals surface area contributed by atoms with Crippen molar-refractivity contribution in [2.75, 3.05) is 0 Å². The van der Waals surface area contributed by atoms with Crippen molar-refractivity contribution in [2.24, 2.45) is 4.99 Å². The van der Waals surface area contributed by atoms with Gasteiger partial charge in [-0.25, -0.2) is 0 Å². The van der Waals surface area contributed by atoms with Crippen molar-refractivity contribution >= 4 is 17.0 Å². The van der Waals surface area contributed by atoms with Gasteiger partial charge in [-0.1, -0.05) is 18.2 Å². The molecule has 2 aromatic carbocycles. The third-order valence-electron chi connectivity index (χ3n) is 1.84. The number of hydrogen-bond acceptors (Lipinski definition) is 1. The summed E-state index contributed by atoms with van der Waals surface area (Å²) in [5.41, 5.74) is 1.96. The first-order chi connectivity index (χ1) is 7.95. The van der Waals surface area contributed by atoms with Crippen LogP contribution in [0.4, 0.5) is 5.69 Å². The van der Waals surface area contributed by atoms with Crippen LogP contribution in [0.2, 0.25) is 0 Å². The van der Waals surface area contributed by atoms with Crippen LogP contribution < -0.4 is 0 Å². The fourth-order valence-electron chi connectivity index (χ4n) is 1.15. The van der Waals surface area contributed by atoms with E-state index in [9.17, 15) is 0 Å². The SMILES string of the molecule is [CH2]=[Ru+].[c-]1ccccc1C=Nc1ccccc1. The zero-order valence-electron chi connectivity index (χ0n) is 8.78. The van der Waals surface area contributed by atoms with Crippen LogP contribution in [0.25, 0.3) is 0 Å². The fraction of sp³-hybridized carbons (Fsp3) is 0.